The van der Waals surface area contributed by atoms with Crippen molar-refractivity contribution in [3.63, 3.8) is 0 Å². The molecule has 1 amide bonds. The van der Waals surface area contributed by atoms with E-state index in [0.717, 1.165) is 80.4 Å². The molecule has 8 rings (SSSR count). The van der Waals surface area contributed by atoms with Gasteiger partial charge in [0.15, 0.2) is 17.3 Å². The van der Waals surface area contributed by atoms with E-state index in [1.165, 1.54) is 0 Å². The fourth-order valence-corrected chi connectivity index (χ4v) is 8.24. The molecule has 4 aliphatic rings. The molecule has 0 unspecified atom stereocenters. The molecule has 2 aliphatic heterocycles. The smallest absolute Gasteiger partial charge is 0.271 e. The second-order valence-electron chi connectivity index (χ2n) is 13.6. The first-order valence-corrected chi connectivity index (χ1v) is 16.8. The quantitative estimate of drug-likeness (QED) is 0.280. The van der Waals surface area contributed by atoms with E-state index in [2.05, 4.69) is 40.4 Å². The van der Waals surface area contributed by atoms with E-state index < -0.39 is 5.41 Å². The predicted octanol–water partition coefficient (Wildman–Crippen LogP) is 3.72. The van der Waals surface area contributed by atoms with Crippen LogP contribution >= 0.6 is 0 Å². The lowest BCUT2D eigenvalue weighted by Crippen LogP contribution is -2.38. The number of nitrogen functional groups attached to an aromatic ring is 1. The van der Waals surface area contributed by atoms with Crippen molar-refractivity contribution in [2.24, 2.45) is 0 Å². The Morgan fingerprint density at radius 3 is 2.92 bits per heavy atom. The molecule has 2 fully saturated rings. The maximum absolute atomic E-state index is 13.0. The number of nitrogens with one attached hydrogen (secondary N) is 1. The number of nitriles is 1. The van der Waals surface area contributed by atoms with E-state index >= 15 is 0 Å². The molecule has 2 aliphatic carbocycles. The number of carbonyl (C=O) groups excluding carboxylic acids is 1. The summed E-state index contributed by atoms with van der Waals surface area (Å²) in [5.74, 6) is 1.76. The van der Waals surface area contributed by atoms with E-state index in [9.17, 15) is 10.1 Å². The molecule has 248 valence electrons. The highest BCUT2D eigenvalue weighted by atomic mass is 16.5. The Bertz CT molecular complexity index is 1920. The van der Waals surface area contributed by atoms with Crippen molar-refractivity contribution < 1.29 is 18.8 Å². The van der Waals surface area contributed by atoms with Gasteiger partial charge in [0.05, 0.1) is 23.6 Å². The number of aromatic nitrogens is 5. The van der Waals surface area contributed by atoms with Crippen LogP contribution in [0.5, 0.6) is 5.88 Å². The molecule has 13 nitrogen and oxygen atoms in total. The summed E-state index contributed by atoms with van der Waals surface area (Å²) in [6.45, 7) is 4.23. The third-order valence-corrected chi connectivity index (χ3v) is 10.7. The number of benzene rings is 1. The second kappa shape index (κ2) is 12.0. The van der Waals surface area contributed by atoms with Gasteiger partial charge in [0.25, 0.3) is 5.91 Å². The van der Waals surface area contributed by atoms with Gasteiger partial charge in [0, 0.05) is 36.2 Å². The summed E-state index contributed by atoms with van der Waals surface area (Å²) < 4.78 is 19.8. The van der Waals surface area contributed by atoms with Crippen LogP contribution < -0.4 is 15.8 Å². The second-order valence-corrected chi connectivity index (χ2v) is 13.6. The van der Waals surface area contributed by atoms with Crippen LogP contribution in [0, 0.1) is 11.3 Å². The number of anilines is 1. The molecule has 3 N–H and O–H groups in total. The average molecular weight is 650 g/mol. The van der Waals surface area contributed by atoms with Crippen LogP contribution in [0.4, 0.5) is 5.69 Å². The molecule has 1 spiro atoms. The van der Waals surface area contributed by atoms with Gasteiger partial charge in [-0.3, -0.25) is 14.3 Å². The van der Waals surface area contributed by atoms with E-state index in [4.69, 9.17) is 29.7 Å². The van der Waals surface area contributed by atoms with Crippen LogP contribution in [0.3, 0.4) is 0 Å². The molecule has 4 atom stereocenters. The van der Waals surface area contributed by atoms with Gasteiger partial charge in [-0.05, 0) is 89.1 Å². The molecule has 2 saturated heterocycles. The lowest BCUT2D eigenvalue weighted by atomic mass is 9.68. The SMILES string of the molecule is C[C@H](Oc1cc(-n2cnc(C(=O)N[C@H]3CCOC3)c2)nc(-c2noc3c2CCC[C@@]32CCc3ccc(N)c(C#N)c32)n1)[C@@H]1CCCN1C. The minimum absolute atomic E-state index is 0.0299. The normalized spacial score (nSPS) is 23.9. The minimum Gasteiger partial charge on any atom is -0.473 e. The van der Waals surface area contributed by atoms with Gasteiger partial charge >= 0.3 is 0 Å². The van der Waals surface area contributed by atoms with Crippen molar-refractivity contribution >= 4 is 11.6 Å². The Labute approximate surface area is 278 Å². The summed E-state index contributed by atoms with van der Waals surface area (Å²) in [4.78, 5) is 29.5. The van der Waals surface area contributed by atoms with Crippen molar-refractivity contribution in [2.75, 3.05) is 32.5 Å². The number of hydrogen-bond acceptors (Lipinski definition) is 11. The lowest BCUT2D eigenvalue weighted by molar-refractivity contribution is 0.0925. The zero-order chi connectivity index (χ0) is 33.0. The third-order valence-electron chi connectivity index (χ3n) is 10.7. The molecular weight excluding hydrogens is 610 g/mol. The Kier molecular flexibility index (Phi) is 7.64. The molecule has 0 saturated carbocycles. The standard InChI is InChI=1S/C35H39N9O4/c1-20(27-6-4-13-43(27)2)47-29-15-28(44-17-26(38-19-44)34(45)39-22-10-14-46-18-22)40-33(41-29)31-23-5-3-11-35(32(23)48-42-31)12-9-21-7-8-25(37)24(16-36)30(21)35/h7-8,15,17,19-20,22,27H,3-6,9-14,18,37H2,1-2H3,(H,39,45)/t20-,22-,27-,35-/m0/s1. The number of ether oxygens (including phenoxy) is 2. The first-order chi connectivity index (χ1) is 23.3. The van der Waals surface area contributed by atoms with Crippen molar-refractivity contribution in [3.05, 3.63) is 64.4 Å². The van der Waals surface area contributed by atoms with Gasteiger partial charge in [-0.2, -0.15) is 10.2 Å². The number of amides is 1. The number of carbonyl (C=O) groups is 1. The number of nitrogens with two attached hydrogens (primary N) is 1. The summed E-state index contributed by atoms with van der Waals surface area (Å²) in [6, 6.07) is 8.23. The monoisotopic (exact) mass is 649 g/mol. The number of likely N-dealkylation sites (N-methyl/N-ethyl adjacent to an activating group) is 1. The maximum Gasteiger partial charge on any atom is 0.271 e. The van der Waals surface area contributed by atoms with Gasteiger partial charge in [-0.1, -0.05) is 11.2 Å². The molecule has 48 heavy (non-hydrogen) atoms. The first kappa shape index (κ1) is 30.5. The average Bonchev–Trinajstić information content (AvgIpc) is 3.93. The Morgan fingerprint density at radius 1 is 1.23 bits per heavy atom. The van der Waals surface area contributed by atoms with Gasteiger partial charge < -0.3 is 25.0 Å². The zero-order valence-corrected chi connectivity index (χ0v) is 27.2. The summed E-state index contributed by atoms with van der Waals surface area (Å²) in [7, 11) is 2.12. The number of likely N-dealkylation sites (tertiary alicyclic amines) is 1. The molecule has 5 heterocycles. The van der Waals surface area contributed by atoms with E-state index in [1.807, 2.05) is 12.1 Å². The fourth-order valence-electron chi connectivity index (χ4n) is 8.24. The zero-order valence-electron chi connectivity index (χ0n) is 27.2. The highest BCUT2D eigenvalue weighted by molar-refractivity contribution is 5.92. The molecule has 0 radical (unpaired) electrons. The van der Waals surface area contributed by atoms with Crippen molar-refractivity contribution in [2.45, 2.75) is 81.9 Å². The number of hydrogen-bond donors (Lipinski definition) is 2. The summed E-state index contributed by atoms with van der Waals surface area (Å²) in [5.41, 5.74) is 10.7. The van der Waals surface area contributed by atoms with Gasteiger partial charge in [0.1, 0.15) is 30.0 Å². The van der Waals surface area contributed by atoms with E-state index in [-0.39, 0.29) is 29.8 Å². The van der Waals surface area contributed by atoms with E-state index in [1.54, 1.807) is 23.2 Å². The van der Waals surface area contributed by atoms with Crippen LogP contribution in [0.15, 0.2) is 35.2 Å². The van der Waals surface area contributed by atoms with Crippen LogP contribution in [0.2, 0.25) is 0 Å². The number of imidazole rings is 1. The predicted molar refractivity (Wildman–Crippen MR) is 175 cm³/mol. The van der Waals surface area contributed by atoms with Gasteiger partial charge in [0.2, 0.25) is 5.88 Å². The topological polar surface area (TPSA) is 170 Å². The summed E-state index contributed by atoms with van der Waals surface area (Å²) in [6.07, 6.45) is 10.2. The summed E-state index contributed by atoms with van der Waals surface area (Å²) >= 11 is 0. The van der Waals surface area contributed by atoms with Crippen LogP contribution in [0.1, 0.15) is 84.0 Å². The first-order valence-electron chi connectivity index (χ1n) is 16.8. The molecular formula is C35H39N9O4. The maximum atomic E-state index is 13.0. The molecule has 0 bridgehead atoms. The fraction of sp³-hybridized carbons (Fsp3) is 0.486. The van der Waals surface area contributed by atoms with Crippen molar-refractivity contribution in [1.29, 1.82) is 5.26 Å². The molecule has 4 aromatic rings. The highest BCUT2D eigenvalue weighted by Crippen LogP contribution is 2.54. The molecule has 3 aromatic heterocycles. The summed E-state index contributed by atoms with van der Waals surface area (Å²) in [5, 5.41) is 17.7. The largest absolute Gasteiger partial charge is 0.473 e. The minimum atomic E-state index is -0.482. The molecule has 13 heteroatoms. The van der Waals surface area contributed by atoms with Crippen LogP contribution in [-0.2, 0) is 23.0 Å². The number of rotatable bonds is 7. The van der Waals surface area contributed by atoms with Crippen LogP contribution in [0.25, 0.3) is 17.3 Å². The Morgan fingerprint density at radius 2 is 2.12 bits per heavy atom. The Balaban J connectivity index is 1.19. The lowest BCUT2D eigenvalue weighted by Gasteiger charge is -2.33. The number of nitrogens with zero attached hydrogens (tertiary/aromatic N) is 7. The van der Waals surface area contributed by atoms with Crippen molar-refractivity contribution in [1.82, 2.24) is 34.9 Å². The van der Waals surface area contributed by atoms with Crippen LogP contribution in [-0.4, -0.2) is 80.5 Å². The highest BCUT2D eigenvalue weighted by Gasteiger charge is 2.49. The number of aryl methyl sites for hydroxylation is 1. The van der Waals surface area contributed by atoms with Gasteiger partial charge in [-0.15, -0.1) is 0 Å². The third kappa shape index (κ3) is 5.11. The number of fused-ring (bicyclic) bond motifs is 4. The van der Waals surface area contributed by atoms with Crippen molar-refractivity contribution in [3.8, 4) is 29.3 Å². The molecule has 1 aromatic carbocycles. The van der Waals surface area contributed by atoms with E-state index in [0.29, 0.717) is 47.7 Å². The Hall–Kier alpha value is -4.80. The van der Waals surface area contributed by atoms with Gasteiger partial charge in [-0.25, -0.2) is 9.97 Å².